The van der Waals surface area contributed by atoms with Crippen LogP contribution in [0.3, 0.4) is 0 Å². The van der Waals surface area contributed by atoms with Gasteiger partial charge in [0.25, 0.3) is 0 Å². The van der Waals surface area contributed by atoms with Crippen molar-refractivity contribution in [3.63, 3.8) is 0 Å². The van der Waals surface area contributed by atoms with Crippen molar-refractivity contribution < 1.29 is 0 Å². The summed E-state index contributed by atoms with van der Waals surface area (Å²) in [6.07, 6.45) is 7.26. The predicted molar refractivity (Wildman–Crippen MR) is 88.3 cm³/mol. The van der Waals surface area contributed by atoms with Gasteiger partial charge >= 0.3 is 0 Å². The van der Waals surface area contributed by atoms with Crippen molar-refractivity contribution in [1.82, 2.24) is 20.3 Å². The average molecular weight is 298 g/mol. The molecule has 1 aliphatic rings. The summed E-state index contributed by atoms with van der Waals surface area (Å²) < 4.78 is 2.11. The molecule has 1 aromatic heterocycles. The van der Waals surface area contributed by atoms with Crippen molar-refractivity contribution >= 4 is 0 Å². The lowest BCUT2D eigenvalue weighted by Crippen LogP contribution is -2.40. The number of hydrogen-bond acceptors (Lipinski definition) is 3. The SMILES string of the molecule is CC1CCCCC1(C)n1cc(CNCc2ccccc2)nn1. The third-order valence-electron chi connectivity index (χ3n) is 5.17. The first-order chi connectivity index (χ1) is 10.7. The first-order valence-corrected chi connectivity index (χ1v) is 8.35. The molecule has 0 amide bonds. The molecule has 4 heteroatoms. The van der Waals surface area contributed by atoms with E-state index in [1.807, 2.05) is 6.07 Å². The van der Waals surface area contributed by atoms with Crippen LogP contribution in [-0.4, -0.2) is 15.0 Å². The Morgan fingerprint density at radius 1 is 1.23 bits per heavy atom. The summed E-state index contributed by atoms with van der Waals surface area (Å²) in [6, 6.07) is 10.4. The van der Waals surface area contributed by atoms with E-state index >= 15 is 0 Å². The van der Waals surface area contributed by atoms with Crippen molar-refractivity contribution in [2.24, 2.45) is 5.92 Å². The van der Waals surface area contributed by atoms with Gasteiger partial charge in [-0.25, -0.2) is 4.68 Å². The van der Waals surface area contributed by atoms with E-state index in [9.17, 15) is 0 Å². The van der Waals surface area contributed by atoms with Crippen LogP contribution in [0, 0.1) is 5.92 Å². The Hall–Kier alpha value is -1.68. The first-order valence-electron chi connectivity index (χ1n) is 8.35. The molecule has 118 valence electrons. The van der Waals surface area contributed by atoms with Gasteiger partial charge in [0.15, 0.2) is 0 Å². The van der Waals surface area contributed by atoms with Crippen LogP contribution in [0.2, 0.25) is 0 Å². The molecule has 2 aromatic rings. The Kier molecular flexibility index (Phi) is 4.57. The molecule has 1 fully saturated rings. The van der Waals surface area contributed by atoms with Gasteiger partial charge in [-0.05, 0) is 31.2 Å². The summed E-state index contributed by atoms with van der Waals surface area (Å²) in [4.78, 5) is 0. The third-order valence-corrected chi connectivity index (χ3v) is 5.17. The highest BCUT2D eigenvalue weighted by molar-refractivity contribution is 5.14. The highest BCUT2D eigenvalue weighted by Crippen LogP contribution is 2.38. The highest BCUT2D eigenvalue weighted by atomic mass is 15.5. The zero-order valence-electron chi connectivity index (χ0n) is 13.6. The van der Waals surface area contributed by atoms with Crippen LogP contribution in [0.1, 0.15) is 50.8 Å². The van der Waals surface area contributed by atoms with Crippen molar-refractivity contribution in [2.75, 3.05) is 0 Å². The quantitative estimate of drug-likeness (QED) is 0.919. The Morgan fingerprint density at radius 2 is 2.05 bits per heavy atom. The molecule has 0 radical (unpaired) electrons. The van der Waals surface area contributed by atoms with Gasteiger partial charge in [-0.1, -0.05) is 55.3 Å². The Balaban J connectivity index is 1.59. The molecule has 0 spiro atoms. The normalized spacial score (nSPS) is 25.3. The van der Waals surface area contributed by atoms with Crippen LogP contribution in [0.4, 0.5) is 0 Å². The van der Waals surface area contributed by atoms with E-state index in [0.717, 1.165) is 18.8 Å². The van der Waals surface area contributed by atoms with E-state index < -0.39 is 0 Å². The van der Waals surface area contributed by atoms with Gasteiger partial charge in [-0.2, -0.15) is 0 Å². The second-order valence-electron chi connectivity index (χ2n) is 6.75. The molecule has 2 unspecified atom stereocenters. The predicted octanol–water partition coefficient (Wildman–Crippen LogP) is 3.49. The summed E-state index contributed by atoms with van der Waals surface area (Å²) in [5.41, 5.74) is 2.45. The lowest BCUT2D eigenvalue weighted by molar-refractivity contribution is 0.120. The second kappa shape index (κ2) is 6.61. The lowest BCUT2D eigenvalue weighted by Gasteiger charge is -2.39. The summed E-state index contributed by atoms with van der Waals surface area (Å²) in [6.45, 7) is 6.29. The smallest absolute Gasteiger partial charge is 0.0965 e. The van der Waals surface area contributed by atoms with E-state index in [1.54, 1.807) is 0 Å². The van der Waals surface area contributed by atoms with E-state index in [0.29, 0.717) is 5.92 Å². The third kappa shape index (κ3) is 3.22. The summed E-state index contributed by atoms with van der Waals surface area (Å²) >= 11 is 0. The lowest BCUT2D eigenvalue weighted by atomic mass is 9.75. The van der Waals surface area contributed by atoms with Crippen molar-refractivity contribution in [3.05, 3.63) is 47.8 Å². The second-order valence-corrected chi connectivity index (χ2v) is 6.75. The minimum absolute atomic E-state index is 0.128. The number of nitrogens with zero attached hydrogens (tertiary/aromatic N) is 3. The fourth-order valence-corrected chi connectivity index (χ4v) is 3.39. The van der Waals surface area contributed by atoms with Crippen LogP contribution in [0.25, 0.3) is 0 Å². The monoisotopic (exact) mass is 298 g/mol. The highest BCUT2D eigenvalue weighted by Gasteiger charge is 2.36. The topological polar surface area (TPSA) is 42.7 Å². The minimum atomic E-state index is 0.128. The summed E-state index contributed by atoms with van der Waals surface area (Å²) in [7, 11) is 0. The Morgan fingerprint density at radius 3 is 2.82 bits per heavy atom. The molecule has 1 heterocycles. The Bertz CT molecular complexity index is 592. The molecule has 0 bridgehead atoms. The van der Waals surface area contributed by atoms with Crippen molar-refractivity contribution in [3.8, 4) is 0 Å². The molecule has 4 nitrogen and oxygen atoms in total. The molecule has 0 saturated heterocycles. The van der Waals surface area contributed by atoms with Gasteiger partial charge in [0.05, 0.1) is 17.4 Å². The molecule has 1 aliphatic carbocycles. The standard InChI is InChI=1S/C18H26N4/c1-15-8-6-7-11-18(15,2)22-14-17(20-21-22)13-19-12-16-9-4-3-5-10-16/h3-5,9-10,14-15,19H,6-8,11-13H2,1-2H3. The summed E-state index contributed by atoms with van der Waals surface area (Å²) in [5, 5.41) is 12.2. The van der Waals surface area contributed by atoms with Crippen LogP contribution < -0.4 is 5.32 Å². The molecule has 1 N–H and O–H groups in total. The van der Waals surface area contributed by atoms with E-state index in [2.05, 4.69) is 64.6 Å². The van der Waals surface area contributed by atoms with Gasteiger partial charge < -0.3 is 5.32 Å². The maximum absolute atomic E-state index is 4.41. The largest absolute Gasteiger partial charge is 0.307 e. The fourth-order valence-electron chi connectivity index (χ4n) is 3.39. The Labute approximate surface area is 132 Å². The van der Waals surface area contributed by atoms with Crippen LogP contribution in [0.5, 0.6) is 0 Å². The number of rotatable bonds is 5. The maximum atomic E-state index is 4.41. The maximum Gasteiger partial charge on any atom is 0.0965 e. The van der Waals surface area contributed by atoms with Crippen LogP contribution in [-0.2, 0) is 18.6 Å². The molecular formula is C18H26N4. The minimum Gasteiger partial charge on any atom is -0.307 e. The van der Waals surface area contributed by atoms with Crippen LogP contribution >= 0.6 is 0 Å². The molecule has 1 aromatic carbocycles. The number of hydrogen-bond donors (Lipinski definition) is 1. The van der Waals surface area contributed by atoms with Gasteiger partial charge in [0, 0.05) is 13.1 Å². The number of aromatic nitrogens is 3. The summed E-state index contributed by atoms with van der Waals surface area (Å²) in [5.74, 6) is 0.660. The van der Waals surface area contributed by atoms with E-state index in [4.69, 9.17) is 0 Å². The zero-order valence-corrected chi connectivity index (χ0v) is 13.6. The number of nitrogens with one attached hydrogen (secondary N) is 1. The zero-order chi connectivity index (χ0) is 15.4. The van der Waals surface area contributed by atoms with Gasteiger partial charge in [-0.3, -0.25) is 0 Å². The molecular weight excluding hydrogens is 272 g/mol. The van der Waals surface area contributed by atoms with Crippen molar-refractivity contribution in [2.45, 2.75) is 58.2 Å². The van der Waals surface area contributed by atoms with Crippen molar-refractivity contribution in [1.29, 1.82) is 0 Å². The van der Waals surface area contributed by atoms with Gasteiger partial charge in [0.2, 0.25) is 0 Å². The van der Waals surface area contributed by atoms with Crippen LogP contribution in [0.15, 0.2) is 36.5 Å². The van der Waals surface area contributed by atoms with Gasteiger partial charge in [0.1, 0.15) is 0 Å². The van der Waals surface area contributed by atoms with Gasteiger partial charge in [-0.15, -0.1) is 5.10 Å². The molecule has 22 heavy (non-hydrogen) atoms. The molecule has 2 atom stereocenters. The molecule has 0 aliphatic heterocycles. The molecule has 1 saturated carbocycles. The first kappa shape index (κ1) is 15.2. The molecule has 3 rings (SSSR count). The fraction of sp³-hybridized carbons (Fsp3) is 0.556. The van der Waals surface area contributed by atoms with E-state index in [1.165, 1.54) is 31.2 Å². The average Bonchev–Trinajstić information content (AvgIpc) is 3.01. The van der Waals surface area contributed by atoms with E-state index in [-0.39, 0.29) is 5.54 Å². The number of benzene rings is 1.